The summed E-state index contributed by atoms with van der Waals surface area (Å²) in [7, 11) is 1.73. The largest absolute Gasteiger partial charge is 0.494 e. The Bertz CT molecular complexity index is 1060. The fraction of sp³-hybridized carbons (Fsp3) is 0.238. The predicted octanol–water partition coefficient (Wildman–Crippen LogP) is 3.01. The highest BCUT2D eigenvalue weighted by atomic mass is 32.2. The van der Waals surface area contributed by atoms with Crippen molar-refractivity contribution < 1.29 is 18.7 Å². The Balaban J connectivity index is 1.50. The molecule has 0 bridgehead atoms. The van der Waals surface area contributed by atoms with Gasteiger partial charge in [-0.3, -0.25) is 9.59 Å². The van der Waals surface area contributed by atoms with Crippen LogP contribution in [0.1, 0.15) is 23.1 Å². The maximum Gasteiger partial charge on any atom is 0.254 e. The van der Waals surface area contributed by atoms with Crippen molar-refractivity contribution in [3.63, 3.8) is 0 Å². The smallest absolute Gasteiger partial charge is 0.254 e. The summed E-state index contributed by atoms with van der Waals surface area (Å²) < 4.78 is 20.7. The highest BCUT2D eigenvalue weighted by Gasteiger charge is 2.15. The summed E-state index contributed by atoms with van der Waals surface area (Å²) in [5, 5.41) is 14.0. The first-order valence-corrected chi connectivity index (χ1v) is 10.5. The van der Waals surface area contributed by atoms with Gasteiger partial charge >= 0.3 is 0 Å². The van der Waals surface area contributed by atoms with Gasteiger partial charge in [0.15, 0.2) is 11.0 Å². The van der Waals surface area contributed by atoms with Crippen LogP contribution in [0.3, 0.4) is 0 Å². The first-order chi connectivity index (χ1) is 15.0. The van der Waals surface area contributed by atoms with Crippen LogP contribution in [0, 0.1) is 5.82 Å². The highest BCUT2D eigenvalue weighted by Crippen LogP contribution is 2.18. The minimum Gasteiger partial charge on any atom is -0.494 e. The third-order valence-electron chi connectivity index (χ3n) is 4.23. The molecule has 2 N–H and O–H groups in total. The number of aromatic nitrogens is 3. The zero-order valence-electron chi connectivity index (χ0n) is 17.1. The molecule has 162 valence electrons. The Morgan fingerprint density at radius 2 is 1.87 bits per heavy atom. The van der Waals surface area contributed by atoms with Crippen LogP contribution in [0.2, 0.25) is 0 Å². The van der Waals surface area contributed by atoms with Crippen molar-refractivity contribution in [2.75, 3.05) is 17.7 Å². The molecule has 0 unspecified atom stereocenters. The second kappa shape index (κ2) is 10.6. The lowest BCUT2D eigenvalue weighted by atomic mass is 10.2. The molecule has 1 aromatic heterocycles. The number of hydrogen-bond acceptors (Lipinski definition) is 6. The molecule has 0 atom stereocenters. The Labute approximate surface area is 183 Å². The number of rotatable bonds is 9. The zero-order chi connectivity index (χ0) is 22.2. The molecule has 3 rings (SSSR count). The molecular weight excluding hydrogens is 421 g/mol. The predicted molar refractivity (Wildman–Crippen MR) is 116 cm³/mol. The maximum atomic E-state index is 13.7. The molecule has 2 aromatic carbocycles. The highest BCUT2D eigenvalue weighted by molar-refractivity contribution is 7.99. The van der Waals surface area contributed by atoms with E-state index in [4.69, 9.17) is 4.74 Å². The second-order valence-electron chi connectivity index (χ2n) is 6.41. The fourth-order valence-electron chi connectivity index (χ4n) is 2.65. The summed E-state index contributed by atoms with van der Waals surface area (Å²) in [4.78, 5) is 24.3. The van der Waals surface area contributed by atoms with Gasteiger partial charge in [-0.1, -0.05) is 23.9 Å². The van der Waals surface area contributed by atoms with Crippen LogP contribution in [0.15, 0.2) is 53.7 Å². The number of carbonyl (C=O) groups is 2. The van der Waals surface area contributed by atoms with E-state index in [9.17, 15) is 14.0 Å². The van der Waals surface area contributed by atoms with E-state index in [2.05, 4.69) is 20.8 Å². The van der Waals surface area contributed by atoms with Crippen molar-refractivity contribution in [1.82, 2.24) is 20.1 Å². The molecule has 10 heteroatoms. The minimum absolute atomic E-state index is 0.0368. The van der Waals surface area contributed by atoms with Crippen LogP contribution in [0.5, 0.6) is 5.75 Å². The van der Waals surface area contributed by atoms with Crippen molar-refractivity contribution >= 4 is 29.3 Å². The van der Waals surface area contributed by atoms with E-state index in [-0.39, 0.29) is 23.8 Å². The maximum absolute atomic E-state index is 13.7. The van der Waals surface area contributed by atoms with E-state index in [1.807, 2.05) is 6.92 Å². The number of benzene rings is 2. The number of nitrogens with one attached hydrogen (secondary N) is 2. The third kappa shape index (κ3) is 6.05. The molecule has 0 fully saturated rings. The Morgan fingerprint density at radius 3 is 2.58 bits per heavy atom. The minimum atomic E-state index is -0.590. The molecule has 0 spiro atoms. The van der Waals surface area contributed by atoms with Gasteiger partial charge in [-0.2, -0.15) is 0 Å². The van der Waals surface area contributed by atoms with Gasteiger partial charge in [-0.15, -0.1) is 10.2 Å². The molecule has 0 radical (unpaired) electrons. The number of amides is 2. The number of carbonyl (C=O) groups excluding carboxylic acids is 2. The number of ether oxygens (including phenoxy) is 1. The molecule has 0 aliphatic rings. The lowest BCUT2D eigenvalue weighted by Crippen LogP contribution is -2.25. The van der Waals surface area contributed by atoms with E-state index in [1.165, 1.54) is 30.0 Å². The molecule has 31 heavy (non-hydrogen) atoms. The van der Waals surface area contributed by atoms with E-state index in [1.54, 1.807) is 41.9 Å². The van der Waals surface area contributed by atoms with E-state index < -0.39 is 11.7 Å². The van der Waals surface area contributed by atoms with Gasteiger partial charge in [0.05, 0.1) is 24.5 Å². The van der Waals surface area contributed by atoms with E-state index in [0.29, 0.717) is 23.3 Å². The average Bonchev–Trinajstić information content (AvgIpc) is 3.12. The van der Waals surface area contributed by atoms with Gasteiger partial charge in [0, 0.05) is 12.7 Å². The van der Waals surface area contributed by atoms with Crippen LogP contribution in [-0.2, 0) is 18.4 Å². The quantitative estimate of drug-likeness (QED) is 0.494. The number of halogens is 1. The molecule has 2 amide bonds. The Hall–Kier alpha value is -3.40. The molecule has 0 aliphatic carbocycles. The average molecular weight is 444 g/mol. The Morgan fingerprint density at radius 1 is 1.13 bits per heavy atom. The van der Waals surface area contributed by atoms with Gasteiger partial charge in [-0.25, -0.2) is 4.39 Å². The molecule has 3 aromatic rings. The standard InChI is InChI=1S/C21H22FN5O3S/c1-3-30-15-10-8-14(9-11-15)24-19(28)13-31-21-26-25-18(27(21)2)12-23-20(29)16-6-4-5-7-17(16)22/h4-11H,3,12-13H2,1-2H3,(H,23,29)(H,24,28). The summed E-state index contributed by atoms with van der Waals surface area (Å²) in [6.07, 6.45) is 0. The second-order valence-corrected chi connectivity index (χ2v) is 7.36. The van der Waals surface area contributed by atoms with Crippen LogP contribution in [0.25, 0.3) is 0 Å². The van der Waals surface area contributed by atoms with Crippen LogP contribution < -0.4 is 15.4 Å². The number of thioether (sulfide) groups is 1. The first-order valence-electron chi connectivity index (χ1n) is 9.54. The lowest BCUT2D eigenvalue weighted by molar-refractivity contribution is -0.113. The third-order valence-corrected chi connectivity index (χ3v) is 5.25. The number of nitrogens with zero attached hydrogens (tertiary/aromatic N) is 3. The fourth-order valence-corrected chi connectivity index (χ4v) is 3.38. The summed E-state index contributed by atoms with van der Waals surface area (Å²) >= 11 is 1.22. The normalized spacial score (nSPS) is 10.5. The number of hydrogen-bond donors (Lipinski definition) is 2. The van der Waals surface area contributed by atoms with Crippen molar-refractivity contribution in [2.45, 2.75) is 18.6 Å². The van der Waals surface area contributed by atoms with E-state index >= 15 is 0 Å². The van der Waals surface area contributed by atoms with Gasteiger partial charge in [0.1, 0.15) is 11.6 Å². The first kappa shape index (κ1) is 22.3. The summed E-state index contributed by atoms with van der Waals surface area (Å²) in [6.45, 7) is 2.56. The van der Waals surface area contributed by atoms with E-state index in [0.717, 1.165) is 5.75 Å². The Kier molecular flexibility index (Phi) is 7.60. The van der Waals surface area contributed by atoms with Crippen molar-refractivity contribution in [1.29, 1.82) is 0 Å². The lowest BCUT2D eigenvalue weighted by Gasteiger charge is -2.08. The monoisotopic (exact) mass is 443 g/mol. The van der Waals surface area contributed by atoms with Gasteiger partial charge in [-0.05, 0) is 43.3 Å². The van der Waals surface area contributed by atoms with Crippen LogP contribution >= 0.6 is 11.8 Å². The number of anilines is 1. The molecule has 8 nitrogen and oxygen atoms in total. The molecule has 1 heterocycles. The van der Waals surface area contributed by atoms with Gasteiger partial charge in [0.25, 0.3) is 5.91 Å². The van der Waals surface area contributed by atoms with Gasteiger partial charge in [0.2, 0.25) is 5.91 Å². The van der Waals surface area contributed by atoms with Crippen molar-refractivity contribution in [3.8, 4) is 5.75 Å². The summed E-state index contributed by atoms with van der Waals surface area (Å²) in [6, 6.07) is 12.9. The summed E-state index contributed by atoms with van der Waals surface area (Å²) in [5.41, 5.74) is 0.633. The van der Waals surface area contributed by atoms with Crippen molar-refractivity contribution in [2.24, 2.45) is 7.05 Å². The summed E-state index contributed by atoms with van der Waals surface area (Å²) in [5.74, 6) is 0.0490. The van der Waals surface area contributed by atoms with Crippen LogP contribution in [0.4, 0.5) is 10.1 Å². The van der Waals surface area contributed by atoms with Crippen molar-refractivity contribution in [3.05, 3.63) is 65.7 Å². The van der Waals surface area contributed by atoms with Crippen LogP contribution in [-0.4, -0.2) is 38.9 Å². The topological polar surface area (TPSA) is 98.1 Å². The molecule has 0 saturated heterocycles. The van der Waals surface area contributed by atoms with Gasteiger partial charge < -0.3 is 19.9 Å². The zero-order valence-corrected chi connectivity index (χ0v) is 17.9. The molecule has 0 saturated carbocycles. The molecular formula is C21H22FN5O3S. The SMILES string of the molecule is CCOc1ccc(NC(=O)CSc2nnc(CNC(=O)c3ccccc3F)n2C)cc1. The molecule has 0 aliphatic heterocycles.